The van der Waals surface area contributed by atoms with Gasteiger partial charge in [0.05, 0.1) is 5.38 Å². The van der Waals surface area contributed by atoms with Crippen LogP contribution in [0.2, 0.25) is 0 Å². The summed E-state index contributed by atoms with van der Waals surface area (Å²) in [6, 6.07) is 12.9. The molecule has 1 aliphatic rings. The Morgan fingerprint density at radius 3 is 2.45 bits per heavy atom. The summed E-state index contributed by atoms with van der Waals surface area (Å²) in [5.41, 5.74) is 1.29. The molecule has 0 nitrogen and oxygen atoms in total. The molecular formula is C18H20BrCl. The SMILES string of the molecule is ClC(CC1CCCCC1)c1ccc(Br)c2ccccc12. The van der Waals surface area contributed by atoms with Gasteiger partial charge in [-0.3, -0.25) is 0 Å². The van der Waals surface area contributed by atoms with Crippen molar-refractivity contribution in [1.82, 2.24) is 0 Å². The van der Waals surface area contributed by atoms with Crippen molar-refractivity contribution >= 4 is 38.3 Å². The van der Waals surface area contributed by atoms with E-state index in [9.17, 15) is 0 Å². The standard InChI is InChI=1S/C18H20BrCl/c19-17-11-10-16(14-8-4-5-9-15(14)17)18(20)12-13-6-2-1-3-7-13/h4-5,8-11,13,18H,1-3,6-7,12H2. The minimum atomic E-state index is 0.135. The predicted molar refractivity (Wildman–Crippen MR) is 91.4 cm³/mol. The normalized spacial score (nSPS) is 18.3. The van der Waals surface area contributed by atoms with Crippen LogP contribution in [-0.2, 0) is 0 Å². The first-order valence-electron chi connectivity index (χ1n) is 7.57. The van der Waals surface area contributed by atoms with E-state index >= 15 is 0 Å². The van der Waals surface area contributed by atoms with Crippen LogP contribution in [0, 0.1) is 5.92 Å². The van der Waals surface area contributed by atoms with Crippen LogP contribution in [0.5, 0.6) is 0 Å². The number of rotatable bonds is 3. The Labute approximate surface area is 134 Å². The van der Waals surface area contributed by atoms with Gasteiger partial charge in [-0.2, -0.15) is 0 Å². The van der Waals surface area contributed by atoms with E-state index in [1.807, 2.05) is 0 Å². The summed E-state index contributed by atoms with van der Waals surface area (Å²) in [5.74, 6) is 0.814. The first kappa shape index (κ1) is 14.4. The molecule has 106 valence electrons. The van der Waals surface area contributed by atoms with E-state index < -0.39 is 0 Å². The molecule has 1 aliphatic carbocycles. The molecule has 0 bridgehead atoms. The lowest BCUT2D eigenvalue weighted by molar-refractivity contribution is 0.336. The molecule has 1 unspecified atom stereocenters. The monoisotopic (exact) mass is 350 g/mol. The first-order valence-corrected chi connectivity index (χ1v) is 8.80. The maximum atomic E-state index is 6.76. The van der Waals surface area contributed by atoms with Crippen molar-refractivity contribution in [3.8, 4) is 0 Å². The number of benzene rings is 2. The summed E-state index contributed by atoms with van der Waals surface area (Å²) >= 11 is 10.4. The Bertz CT molecular complexity index is 587. The van der Waals surface area contributed by atoms with Crippen molar-refractivity contribution in [2.45, 2.75) is 43.9 Å². The largest absolute Gasteiger partial charge is 0.118 e. The topological polar surface area (TPSA) is 0 Å². The third-order valence-electron chi connectivity index (χ3n) is 4.51. The van der Waals surface area contributed by atoms with Crippen LogP contribution in [0.1, 0.15) is 49.5 Å². The highest BCUT2D eigenvalue weighted by atomic mass is 79.9. The molecule has 0 saturated heterocycles. The quantitative estimate of drug-likeness (QED) is 0.530. The number of halogens is 2. The summed E-state index contributed by atoms with van der Waals surface area (Å²) in [6.07, 6.45) is 8.01. The van der Waals surface area contributed by atoms with E-state index in [4.69, 9.17) is 11.6 Å². The van der Waals surface area contributed by atoms with E-state index in [0.717, 1.165) is 16.8 Å². The third kappa shape index (κ3) is 3.04. The van der Waals surface area contributed by atoms with Gasteiger partial charge in [0.1, 0.15) is 0 Å². The van der Waals surface area contributed by atoms with Crippen LogP contribution in [0.3, 0.4) is 0 Å². The van der Waals surface area contributed by atoms with Gasteiger partial charge in [-0.25, -0.2) is 0 Å². The maximum absolute atomic E-state index is 6.76. The average molecular weight is 352 g/mol. The van der Waals surface area contributed by atoms with E-state index in [1.165, 1.54) is 48.4 Å². The smallest absolute Gasteiger partial charge is 0.0594 e. The van der Waals surface area contributed by atoms with E-state index in [2.05, 4.69) is 52.3 Å². The highest BCUT2D eigenvalue weighted by Crippen LogP contribution is 2.39. The Hall–Kier alpha value is -0.530. The van der Waals surface area contributed by atoms with Gasteiger partial charge in [0.2, 0.25) is 0 Å². The fourth-order valence-electron chi connectivity index (χ4n) is 3.40. The summed E-state index contributed by atoms with van der Waals surface area (Å²) in [7, 11) is 0. The van der Waals surface area contributed by atoms with Crippen molar-refractivity contribution in [3.05, 3.63) is 46.4 Å². The average Bonchev–Trinajstić information content (AvgIpc) is 2.49. The molecule has 2 aromatic rings. The predicted octanol–water partition coefficient (Wildman–Crippen LogP) is 6.85. The molecule has 3 rings (SSSR count). The zero-order chi connectivity index (χ0) is 13.9. The first-order chi connectivity index (χ1) is 9.75. The lowest BCUT2D eigenvalue weighted by Crippen LogP contribution is -2.09. The molecule has 0 aliphatic heterocycles. The number of hydrogen-bond acceptors (Lipinski definition) is 0. The highest BCUT2D eigenvalue weighted by Gasteiger charge is 2.20. The molecule has 2 aromatic carbocycles. The molecule has 0 amide bonds. The number of hydrogen-bond donors (Lipinski definition) is 0. The van der Waals surface area contributed by atoms with Gasteiger partial charge in [0.15, 0.2) is 0 Å². The second-order valence-electron chi connectivity index (χ2n) is 5.89. The lowest BCUT2D eigenvalue weighted by atomic mass is 9.84. The molecule has 1 saturated carbocycles. The molecule has 0 N–H and O–H groups in total. The summed E-state index contributed by atoms with van der Waals surface area (Å²) < 4.78 is 1.15. The van der Waals surface area contributed by atoms with Crippen LogP contribution in [0.15, 0.2) is 40.9 Å². The molecule has 2 heteroatoms. The van der Waals surface area contributed by atoms with E-state index in [1.54, 1.807) is 0 Å². The van der Waals surface area contributed by atoms with E-state index in [-0.39, 0.29) is 5.38 Å². The van der Waals surface area contributed by atoms with Gasteiger partial charge in [-0.05, 0) is 34.7 Å². The Kier molecular flexibility index (Phi) is 4.68. The molecule has 0 spiro atoms. The van der Waals surface area contributed by atoms with Gasteiger partial charge >= 0.3 is 0 Å². The van der Waals surface area contributed by atoms with Gasteiger partial charge in [0.25, 0.3) is 0 Å². The second kappa shape index (κ2) is 6.49. The van der Waals surface area contributed by atoms with Crippen molar-refractivity contribution in [2.24, 2.45) is 5.92 Å². The fraction of sp³-hybridized carbons (Fsp3) is 0.444. The molecule has 0 heterocycles. The van der Waals surface area contributed by atoms with Crippen molar-refractivity contribution in [2.75, 3.05) is 0 Å². The van der Waals surface area contributed by atoms with Crippen molar-refractivity contribution in [3.63, 3.8) is 0 Å². The zero-order valence-corrected chi connectivity index (χ0v) is 14.0. The Morgan fingerprint density at radius 1 is 1.00 bits per heavy atom. The third-order valence-corrected chi connectivity index (χ3v) is 5.61. The second-order valence-corrected chi connectivity index (χ2v) is 7.27. The minimum absolute atomic E-state index is 0.135. The van der Waals surface area contributed by atoms with Crippen LogP contribution in [0.4, 0.5) is 0 Å². The summed E-state index contributed by atoms with van der Waals surface area (Å²) in [6.45, 7) is 0. The molecule has 0 radical (unpaired) electrons. The van der Waals surface area contributed by atoms with Gasteiger partial charge in [-0.15, -0.1) is 11.6 Å². The lowest BCUT2D eigenvalue weighted by Gasteiger charge is -2.24. The fourth-order valence-corrected chi connectivity index (χ4v) is 4.32. The van der Waals surface area contributed by atoms with Crippen LogP contribution >= 0.6 is 27.5 Å². The molecule has 0 aromatic heterocycles. The summed E-state index contributed by atoms with van der Waals surface area (Å²) in [5, 5.41) is 2.69. The minimum Gasteiger partial charge on any atom is -0.118 e. The molecule has 1 fully saturated rings. The zero-order valence-electron chi connectivity index (χ0n) is 11.6. The van der Waals surface area contributed by atoms with Gasteiger partial charge in [0, 0.05) is 4.47 Å². The van der Waals surface area contributed by atoms with Crippen molar-refractivity contribution < 1.29 is 0 Å². The molecular weight excluding hydrogens is 332 g/mol. The summed E-state index contributed by atoms with van der Waals surface area (Å²) in [4.78, 5) is 0. The molecule has 1 atom stereocenters. The van der Waals surface area contributed by atoms with Crippen LogP contribution in [-0.4, -0.2) is 0 Å². The van der Waals surface area contributed by atoms with Crippen molar-refractivity contribution in [1.29, 1.82) is 0 Å². The van der Waals surface area contributed by atoms with E-state index in [0.29, 0.717) is 0 Å². The van der Waals surface area contributed by atoms with Gasteiger partial charge in [-0.1, -0.05) is 78.4 Å². The Balaban J connectivity index is 1.87. The maximum Gasteiger partial charge on any atom is 0.0594 e. The Morgan fingerprint density at radius 2 is 1.70 bits per heavy atom. The highest BCUT2D eigenvalue weighted by molar-refractivity contribution is 9.10. The number of alkyl halides is 1. The van der Waals surface area contributed by atoms with Crippen LogP contribution in [0.25, 0.3) is 10.8 Å². The van der Waals surface area contributed by atoms with Gasteiger partial charge < -0.3 is 0 Å². The number of fused-ring (bicyclic) bond motifs is 1. The van der Waals surface area contributed by atoms with Crippen LogP contribution < -0.4 is 0 Å². The molecule has 20 heavy (non-hydrogen) atoms.